The van der Waals surface area contributed by atoms with Crippen molar-refractivity contribution in [2.24, 2.45) is 0 Å². The Labute approximate surface area is 78.4 Å². The lowest BCUT2D eigenvalue weighted by atomic mass is 10.3. The molecule has 3 nitrogen and oxygen atoms in total. The maximum absolute atomic E-state index is 8.30. The lowest BCUT2D eigenvalue weighted by Crippen LogP contribution is -2.15. The number of aryl methyl sites for hydroxylation is 1. The summed E-state index contributed by atoms with van der Waals surface area (Å²) in [5, 5.41) is 11.4. The Morgan fingerprint density at radius 1 is 1.54 bits per heavy atom. The predicted octanol–water partition coefficient (Wildman–Crippen LogP) is 1.39. The lowest BCUT2D eigenvalue weighted by molar-refractivity contribution is 0.684. The Kier molecular flexibility index (Phi) is 3.94. The van der Waals surface area contributed by atoms with Gasteiger partial charge in [0.1, 0.15) is 0 Å². The van der Waals surface area contributed by atoms with E-state index in [2.05, 4.69) is 16.4 Å². The van der Waals surface area contributed by atoms with Crippen molar-refractivity contribution in [3.8, 4) is 6.07 Å². The van der Waals surface area contributed by atoms with Crippen molar-refractivity contribution in [2.45, 2.75) is 19.9 Å². The van der Waals surface area contributed by atoms with Crippen molar-refractivity contribution in [1.29, 1.82) is 5.26 Å². The van der Waals surface area contributed by atoms with Gasteiger partial charge in [0.15, 0.2) is 0 Å². The Balaban J connectivity index is 2.33. The number of pyridine rings is 1. The van der Waals surface area contributed by atoms with E-state index in [1.807, 2.05) is 25.1 Å². The summed E-state index contributed by atoms with van der Waals surface area (Å²) in [6.45, 7) is 3.44. The number of nitrogens with zero attached hydrogens (tertiary/aromatic N) is 2. The molecule has 0 aliphatic carbocycles. The summed E-state index contributed by atoms with van der Waals surface area (Å²) in [6.07, 6.45) is 0.547. The summed E-state index contributed by atoms with van der Waals surface area (Å²) in [6, 6.07) is 8.02. The molecule has 0 saturated heterocycles. The second kappa shape index (κ2) is 5.28. The van der Waals surface area contributed by atoms with Crippen molar-refractivity contribution in [3.63, 3.8) is 0 Å². The van der Waals surface area contributed by atoms with E-state index in [0.717, 1.165) is 24.5 Å². The van der Waals surface area contributed by atoms with Gasteiger partial charge >= 0.3 is 0 Å². The first-order valence-corrected chi connectivity index (χ1v) is 4.33. The van der Waals surface area contributed by atoms with Gasteiger partial charge in [0.2, 0.25) is 0 Å². The molecule has 1 heterocycles. The van der Waals surface area contributed by atoms with Crippen LogP contribution in [-0.4, -0.2) is 11.5 Å². The molecule has 13 heavy (non-hydrogen) atoms. The number of hydrogen-bond donors (Lipinski definition) is 1. The highest BCUT2D eigenvalue weighted by Crippen LogP contribution is 1.96. The van der Waals surface area contributed by atoms with Gasteiger partial charge in [-0.1, -0.05) is 6.07 Å². The second-order valence-corrected chi connectivity index (χ2v) is 2.86. The number of hydrogen-bond acceptors (Lipinski definition) is 3. The molecule has 0 atom stereocenters. The zero-order chi connectivity index (χ0) is 9.52. The standard InChI is InChI=1S/C10H13N3/c1-9-4-2-5-10(13-9)8-12-7-3-6-11/h2,4-5,12H,3,7-8H2,1H3. The molecule has 0 fully saturated rings. The van der Waals surface area contributed by atoms with Gasteiger partial charge in [-0.15, -0.1) is 0 Å². The Bertz CT molecular complexity index is 301. The highest BCUT2D eigenvalue weighted by molar-refractivity contribution is 5.09. The summed E-state index contributed by atoms with van der Waals surface area (Å²) in [5.41, 5.74) is 2.05. The summed E-state index contributed by atoms with van der Waals surface area (Å²) in [5.74, 6) is 0. The molecule has 1 aromatic heterocycles. The molecule has 0 aliphatic rings. The van der Waals surface area contributed by atoms with Crippen LogP contribution in [0.3, 0.4) is 0 Å². The number of rotatable bonds is 4. The lowest BCUT2D eigenvalue weighted by Gasteiger charge is -2.01. The third-order valence-corrected chi connectivity index (χ3v) is 1.67. The molecule has 0 unspecified atom stereocenters. The largest absolute Gasteiger partial charge is 0.310 e. The second-order valence-electron chi connectivity index (χ2n) is 2.86. The number of nitriles is 1. The van der Waals surface area contributed by atoms with Crippen LogP contribution in [0.1, 0.15) is 17.8 Å². The van der Waals surface area contributed by atoms with Crippen molar-refractivity contribution >= 4 is 0 Å². The van der Waals surface area contributed by atoms with E-state index in [1.54, 1.807) is 0 Å². The summed E-state index contributed by atoms with van der Waals surface area (Å²) >= 11 is 0. The molecule has 0 aliphatic heterocycles. The van der Waals surface area contributed by atoms with E-state index in [-0.39, 0.29) is 0 Å². The summed E-state index contributed by atoms with van der Waals surface area (Å²) in [4.78, 5) is 4.33. The smallest absolute Gasteiger partial charge is 0.0635 e. The molecule has 3 heteroatoms. The van der Waals surface area contributed by atoms with E-state index in [0.29, 0.717) is 6.42 Å². The summed E-state index contributed by atoms with van der Waals surface area (Å²) < 4.78 is 0. The Morgan fingerprint density at radius 2 is 2.38 bits per heavy atom. The molecule has 0 bridgehead atoms. The van der Waals surface area contributed by atoms with Crippen LogP contribution in [-0.2, 0) is 6.54 Å². The molecule has 0 spiro atoms. The third-order valence-electron chi connectivity index (χ3n) is 1.67. The van der Waals surface area contributed by atoms with Gasteiger partial charge in [-0.3, -0.25) is 4.98 Å². The van der Waals surface area contributed by atoms with Gasteiger partial charge in [0.05, 0.1) is 11.8 Å². The predicted molar refractivity (Wildman–Crippen MR) is 50.9 cm³/mol. The fourth-order valence-electron chi connectivity index (χ4n) is 1.06. The van der Waals surface area contributed by atoms with Crippen molar-refractivity contribution < 1.29 is 0 Å². The van der Waals surface area contributed by atoms with Crippen LogP contribution in [0, 0.1) is 18.3 Å². The molecular weight excluding hydrogens is 162 g/mol. The molecule has 0 aromatic carbocycles. The maximum atomic E-state index is 8.30. The minimum Gasteiger partial charge on any atom is -0.310 e. The molecule has 0 amide bonds. The molecule has 68 valence electrons. The van der Waals surface area contributed by atoms with Crippen LogP contribution in [0.15, 0.2) is 18.2 Å². The summed E-state index contributed by atoms with van der Waals surface area (Å²) in [7, 11) is 0. The van der Waals surface area contributed by atoms with Crippen molar-refractivity contribution in [1.82, 2.24) is 10.3 Å². The van der Waals surface area contributed by atoms with Gasteiger partial charge in [0, 0.05) is 25.2 Å². The van der Waals surface area contributed by atoms with Crippen LogP contribution in [0.2, 0.25) is 0 Å². The van der Waals surface area contributed by atoms with Crippen molar-refractivity contribution in [2.75, 3.05) is 6.54 Å². The van der Waals surface area contributed by atoms with E-state index >= 15 is 0 Å². The van der Waals surface area contributed by atoms with Crippen LogP contribution >= 0.6 is 0 Å². The van der Waals surface area contributed by atoms with E-state index < -0.39 is 0 Å². The molecule has 1 N–H and O–H groups in total. The first-order chi connectivity index (χ1) is 6.33. The first-order valence-electron chi connectivity index (χ1n) is 4.33. The van der Waals surface area contributed by atoms with Gasteiger partial charge in [-0.2, -0.15) is 5.26 Å². The van der Waals surface area contributed by atoms with Gasteiger partial charge in [-0.05, 0) is 19.1 Å². The fourth-order valence-corrected chi connectivity index (χ4v) is 1.06. The third kappa shape index (κ3) is 3.68. The van der Waals surface area contributed by atoms with Gasteiger partial charge in [0.25, 0.3) is 0 Å². The Hall–Kier alpha value is -1.40. The molecular formula is C10H13N3. The van der Waals surface area contributed by atoms with E-state index in [4.69, 9.17) is 5.26 Å². The zero-order valence-corrected chi connectivity index (χ0v) is 7.75. The minimum absolute atomic E-state index is 0.547. The first kappa shape index (κ1) is 9.69. The fraction of sp³-hybridized carbons (Fsp3) is 0.400. The quantitative estimate of drug-likeness (QED) is 0.703. The average molecular weight is 175 g/mol. The molecule has 1 rings (SSSR count). The van der Waals surface area contributed by atoms with Crippen LogP contribution < -0.4 is 5.32 Å². The topological polar surface area (TPSA) is 48.7 Å². The van der Waals surface area contributed by atoms with Crippen molar-refractivity contribution in [3.05, 3.63) is 29.6 Å². The van der Waals surface area contributed by atoms with Gasteiger partial charge < -0.3 is 5.32 Å². The number of aromatic nitrogens is 1. The normalized spacial score (nSPS) is 9.54. The SMILES string of the molecule is Cc1cccc(CNCCC#N)n1. The number of nitrogens with one attached hydrogen (secondary N) is 1. The van der Waals surface area contributed by atoms with Crippen LogP contribution in [0.4, 0.5) is 0 Å². The Morgan fingerprint density at radius 3 is 3.08 bits per heavy atom. The average Bonchev–Trinajstić information content (AvgIpc) is 2.13. The highest BCUT2D eigenvalue weighted by Gasteiger charge is 1.93. The van der Waals surface area contributed by atoms with Crippen LogP contribution in [0.25, 0.3) is 0 Å². The highest BCUT2D eigenvalue weighted by atomic mass is 14.9. The molecule has 0 radical (unpaired) electrons. The van der Waals surface area contributed by atoms with E-state index in [1.165, 1.54) is 0 Å². The molecule has 1 aromatic rings. The van der Waals surface area contributed by atoms with Gasteiger partial charge in [-0.25, -0.2) is 0 Å². The van der Waals surface area contributed by atoms with Crippen LogP contribution in [0.5, 0.6) is 0 Å². The maximum Gasteiger partial charge on any atom is 0.0635 e. The monoisotopic (exact) mass is 175 g/mol. The van der Waals surface area contributed by atoms with E-state index in [9.17, 15) is 0 Å². The molecule has 0 saturated carbocycles. The zero-order valence-electron chi connectivity index (χ0n) is 7.75. The minimum atomic E-state index is 0.547.